The number of nitrogens with one attached hydrogen (secondary N) is 1. The van der Waals surface area contributed by atoms with Gasteiger partial charge in [0.15, 0.2) is 0 Å². The van der Waals surface area contributed by atoms with E-state index in [0.717, 1.165) is 11.1 Å². The Morgan fingerprint density at radius 2 is 1.90 bits per heavy atom. The van der Waals surface area contributed by atoms with Crippen LogP contribution in [0.1, 0.15) is 17.2 Å². The Hall–Kier alpha value is -3.21. The Morgan fingerprint density at radius 1 is 1.23 bits per heavy atom. The number of benzene rings is 2. The van der Waals surface area contributed by atoms with Crippen LogP contribution in [-0.4, -0.2) is 50.8 Å². The number of carbonyl (C=O) groups is 1. The molecule has 1 aliphatic heterocycles. The van der Waals surface area contributed by atoms with Gasteiger partial charge in [-0.05, 0) is 41.5 Å². The number of hydrogen-bond acceptors (Lipinski definition) is 5. The summed E-state index contributed by atoms with van der Waals surface area (Å²) in [6.45, 7) is 2.93. The van der Waals surface area contributed by atoms with Gasteiger partial charge in [-0.25, -0.2) is 4.39 Å². The monoisotopic (exact) mass is 409 g/mol. The van der Waals surface area contributed by atoms with E-state index in [1.54, 1.807) is 43.5 Å². The summed E-state index contributed by atoms with van der Waals surface area (Å²) >= 11 is 0. The highest BCUT2D eigenvalue weighted by Gasteiger charge is 2.24. The lowest BCUT2D eigenvalue weighted by Gasteiger charge is -2.34. The van der Waals surface area contributed by atoms with Gasteiger partial charge in [0.25, 0.3) is 5.91 Å². The fraction of sp³-hybridized carbons (Fsp3) is 0.304. The summed E-state index contributed by atoms with van der Waals surface area (Å²) in [6.07, 6.45) is 1.54. The smallest absolute Gasteiger partial charge is 0.262 e. The second-order valence-electron chi connectivity index (χ2n) is 6.87. The zero-order chi connectivity index (χ0) is 21.3. The Kier molecular flexibility index (Phi) is 7.55. The van der Waals surface area contributed by atoms with E-state index >= 15 is 0 Å². The average Bonchev–Trinajstić information content (AvgIpc) is 2.79. The Bertz CT molecular complexity index is 914. The quantitative estimate of drug-likeness (QED) is 0.562. The van der Waals surface area contributed by atoms with E-state index in [2.05, 4.69) is 10.2 Å². The number of amides is 1. The van der Waals surface area contributed by atoms with Crippen LogP contribution in [0.5, 0.6) is 5.75 Å². The van der Waals surface area contributed by atoms with Crippen LogP contribution in [0, 0.1) is 17.1 Å². The van der Waals surface area contributed by atoms with Crippen LogP contribution in [0.25, 0.3) is 6.08 Å². The molecule has 6 nitrogen and oxygen atoms in total. The summed E-state index contributed by atoms with van der Waals surface area (Å²) in [5.74, 6) is -0.0610. The molecule has 156 valence electrons. The molecule has 1 atom stereocenters. The standard InChI is InChI=1S/C23H24FN3O3/c1-29-21-8-2-17(3-9-21)14-19(15-25)23(28)26-16-22(27-10-12-30-13-11-27)18-4-6-20(24)7-5-18/h2-9,14,22H,10-13,16H2,1H3,(H,26,28)/b19-14-/t22-/m1/s1. The van der Waals surface area contributed by atoms with Crippen LogP contribution in [-0.2, 0) is 9.53 Å². The minimum Gasteiger partial charge on any atom is -0.497 e. The first-order chi connectivity index (χ1) is 14.6. The molecule has 2 aromatic carbocycles. The largest absolute Gasteiger partial charge is 0.497 e. The summed E-state index contributed by atoms with van der Waals surface area (Å²) in [4.78, 5) is 14.8. The first-order valence-electron chi connectivity index (χ1n) is 9.72. The number of nitriles is 1. The van der Waals surface area contributed by atoms with Crippen molar-refractivity contribution in [1.82, 2.24) is 10.2 Å². The van der Waals surface area contributed by atoms with Crippen molar-refractivity contribution < 1.29 is 18.7 Å². The van der Waals surface area contributed by atoms with Crippen LogP contribution < -0.4 is 10.1 Å². The molecule has 0 unspecified atom stereocenters. The van der Waals surface area contributed by atoms with Gasteiger partial charge in [-0.3, -0.25) is 9.69 Å². The van der Waals surface area contributed by atoms with Crippen molar-refractivity contribution in [2.45, 2.75) is 6.04 Å². The summed E-state index contributed by atoms with van der Waals surface area (Å²) < 4.78 is 23.9. The molecule has 1 aliphatic rings. The van der Waals surface area contributed by atoms with Crippen LogP contribution in [0.2, 0.25) is 0 Å². The molecule has 0 saturated carbocycles. The summed E-state index contributed by atoms with van der Waals surface area (Å²) in [7, 11) is 1.57. The molecule has 30 heavy (non-hydrogen) atoms. The maximum Gasteiger partial charge on any atom is 0.262 e. The van der Waals surface area contributed by atoms with Crippen molar-refractivity contribution in [3.8, 4) is 11.8 Å². The summed E-state index contributed by atoms with van der Waals surface area (Å²) in [6, 6.07) is 15.2. The van der Waals surface area contributed by atoms with E-state index in [1.165, 1.54) is 18.2 Å². The number of morpholine rings is 1. The molecule has 1 heterocycles. The zero-order valence-corrected chi connectivity index (χ0v) is 16.8. The molecule has 3 rings (SSSR count). The van der Waals surface area contributed by atoms with Crippen LogP contribution >= 0.6 is 0 Å². The highest BCUT2D eigenvalue weighted by Crippen LogP contribution is 2.22. The van der Waals surface area contributed by atoms with Gasteiger partial charge in [0.05, 0.1) is 26.4 Å². The molecule has 2 aromatic rings. The normalized spacial score (nSPS) is 15.8. The molecule has 0 aromatic heterocycles. The van der Waals surface area contributed by atoms with Gasteiger partial charge in [-0.1, -0.05) is 24.3 Å². The molecule has 1 amide bonds. The van der Waals surface area contributed by atoms with Crippen LogP contribution in [0.15, 0.2) is 54.1 Å². The van der Waals surface area contributed by atoms with E-state index in [4.69, 9.17) is 9.47 Å². The molecular formula is C23H24FN3O3. The van der Waals surface area contributed by atoms with E-state index in [-0.39, 0.29) is 17.4 Å². The predicted octanol–water partition coefficient (Wildman–Crippen LogP) is 2.93. The third-order valence-corrected chi connectivity index (χ3v) is 4.99. The average molecular weight is 409 g/mol. The van der Waals surface area contributed by atoms with Gasteiger partial charge in [-0.2, -0.15) is 5.26 Å². The lowest BCUT2D eigenvalue weighted by molar-refractivity contribution is -0.117. The molecule has 1 fully saturated rings. The van der Waals surface area contributed by atoms with E-state index in [1.807, 2.05) is 6.07 Å². The van der Waals surface area contributed by atoms with Crippen molar-refractivity contribution >= 4 is 12.0 Å². The van der Waals surface area contributed by atoms with E-state index in [9.17, 15) is 14.4 Å². The second-order valence-corrected chi connectivity index (χ2v) is 6.87. The number of rotatable bonds is 7. The number of carbonyl (C=O) groups excluding carboxylic acids is 1. The Morgan fingerprint density at radius 3 is 2.50 bits per heavy atom. The highest BCUT2D eigenvalue weighted by atomic mass is 19.1. The third-order valence-electron chi connectivity index (χ3n) is 4.99. The van der Waals surface area contributed by atoms with Crippen molar-refractivity contribution in [2.75, 3.05) is 40.0 Å². The van der Waals surface area contributed by atoms with Gasteiger partial charge < -0.3 is 14.8 Å². The molecular weight excluding hydrogens is 385 g/mol. The maximum atomic E-state index is 13.4. The van der Waals surface area contributed by atoms with E-state index < -0.39 is 5.91 Å². The molecule has 7 heteroatoms. The molecule has 0 radical (unpaired) electrons. The lowest BCUT2D eigenvalue weighted by Crippen LogP contribution is -2.44. The first kappa shape index (κ1) is 21.5. The van der Waals surface area contributed by atoms with Crippen molar-refractivity contribution in [2.24, 2.45) is 0 Å². The number of nitrogens with zero attached hydrogens (tertiary/aromatic N) is 2. The van der Waals surface area contributed by atoms with Gasteiger partial charge in [0.2, 0.25) is 0 Å². The number of ether oxygens (including phenoxy) is 2. The molecule has 0 bridgehead atoms. The topological polar surface area (TPSA) is 74.6 Å². The number of methoxy groups -OCH3 is 1. The third kappa shape index (κ3) is 5.66. The second kappa shape index (κ2) is 10.5. The van der Waals surface area contributed by atoms with Crippen molar-refractivity contribution in [1.29, 1.82) is 5.26 Å². The van der Waals surface area contributed by atoms with Gasteiger partial charge >= 0.3 is 0 Å². The summed E-state index contributed by atoms with van der Waals surface area (Å²) in [5.41, 5.74) is 1.64. The van der Waals surface area contributed by atoms with Gasteiger partial charge in [0, 0.05) is 19.6 Å². The van der Waals surface area contributed by atoms with Crippen LogP contribution in [0.4, 0.5) is 4.39 Å². The molecule has 0 spiro atoms. The van der Waals surface area contributed by atoms with Crippen LogP contribution in [0.3, 0.4) is 0 Å². The zero-order valence-electron chi connectivity index (χ0n) is 16.8. The lowest BCUT2D eigenvalue weighted by atomic mass is 10.0. The van der Waals surface area contributed by atoms with Crippen molar-refractivity contribution in [3.63, 3.8) is 0 Å². The maximum absolute atomic E-state index is 13.4. The van der Waals surface area contributed by atoms with E-state index in [0.29, 0.717) is 38.6 Å². The Balaban J connectivity index is 1.72. The molecule has 1 N–H and O–H groups in total. The molecule has 0 aliphatic carbocycles. The van der Waals surface area contributed by atoms with Gasteiger partial charge in [0.1, 0.15) is 23.2 Å². The molecule has 1 saturated heterocycles. The number of halogens is 1. The first-order valence-corrected chi connectivity index (χ1v) is 9.72. The predicted molar refractivity (Wildman–Crippen MR) is 111 cm³/mol. The fourth-order valence-electron chi connectivity index (χ4n) is 3.33. The van der Waals surface area contributed by atoms with Crippen molar-refractivity contribution in [3.05, 3.63) is 71.0 Å². The SMILES string of the molecule is COc1ccc(/C=C(/C#N)C(=O)NC[C@H](c2ccc(F)cc2)N2CCOCC2)cc1. The Labute approximate surface area is 175 Å². The minimum atomic E-state index is -0.450. The summed E-state index contributed by atoms with van der Waals surface area (Å²) in [5, 5.41) is 12.3. The number of hydrogen-bond donors (Lipinski definition) is 1. The minimum absolute atomic E-state index is 0.0139. The highest BCUT2D eigenvalue weighted by molar-refractivity contribution is 6.01. The fourth-order valence-corrected chi connectivity index (χ4v) is 3.33. The van der Waals surface area contributed by atoms with Gasteiger partial charge in [-0.15, -0.1) is 0 Å².